The maximum absolute atomic E-state index is 13.6. The molecule has 5 nitrogen and oxygen atoms in total. The van der Waals surface area contributed by atoms with Crippen LogP contribution in [0.5, 0.6) is 0 Å². The number of halogens is 1. The van der Waals surface area contributed by atoms with Gasteiger partial charge in [-0.15, -0.1) is 0 Å². The first-order chi connectivity index (χ1) is 16.0. The molecular formula is C27H32FN3O2. The Kier molecular flexibility index (Phi) is 7.21. The van der Waals surface area contributed by atoms with E-state index in [9.17, 15) is 14.0 Å². The average Bonchev–Trinajstić information content (AvgIpc) is 2.78. The summed E-state index contributed by atoms with van der Waals surface area (Å²) in [4.78, 5) is 33.7. The number of benzene rings is 2. The topological polar surface area (TPSA) is 55.2 Å². The molecule has 0 N–H and O–H groups in total. The van der Waals surface area contributed by atoms with Crippen molar-refractivity contribution in [1.29, 1.82) is 0 Å². The molecule has 1 aliphatic carbocycles. The lowest BCUT2D eigenvalue weighted by Gasteiger charge is -2.36. The summed E-state index contributed by atoms with van der Waals surface area (Å²) in [6, 6.07) is 12.7. The van der Waals surface area contributed by atoms with Crippen LogP contribution < -0.4 is 5.56 Å². The van der Waals surface area contributed by atoms with Crippen molar-refractivity contribution >= 4 is 16.8 Å². The second kappa shape index (κ2) is 10.3. The number of amides is 1. The molecule has 1 atom stereocenters. The van der Waals surface area contributed by atoms with E-state index in [-0.39, 0.29) is 29.2 Å². The van der Waals surface area contributed by atoms with Crippen LogP contribution in [0.15, 0.2) is 53.3 Å². The lowest BCUT2D eigenvalue weighted by molar-refractivity contribution is -0.140. The number of para-hydroxylation sites is 1. The Bertz CT molecular complexity index is 1170. The Balaban J connectivity index is 1.80. The highest BCUT2D eigenvalue weighted by atomic mass is 19.1. The molecule has 6 heteroatoms. The second-order valence-electron chi connectivity index (χ2n) is 9.00. The summed E-state index contributed by atoms with van der Waals surface area (Å²) < 4.78 is 15.2. The number of hydrogen-bond donors (Lipinski definition) is 0. The predicted octanol–water partition coefficient (Wildman–Crippen LogP) is 5.79. The first-order valence-electron chi connectivity index (χ1n) is 12.1. The molecular weight excluding hydrogens is 417 g/mol. The van der Waals surface area contributed by atoms with E-state index in [4.69, 9.17) is 4.98 Å². The van der Waals surface area contributed by atoms with E-state index in [0.29, 0.717) is 29.0 Å². The molecule has 3 aromatic rings. The summed E-state index contributed by atoms with van der Waals surface area (Å²) in [6.45, 7) is 4.76. The fraction of sp³-hybridized carbons (Fsp3) is 0.444. The first kappa shape index (κ1) is 23.1. The van der Waals surface area contributed by atoms with Crippen LogP contribution in [-0.4, -0.2) is 26.9 Å². The number of rotatable bonds is 9. The van der Waals surface area contributed by atoms with Crippen molar-refractivity contribution in [2.45, 2.75) is 64.8 Å². The van der Waals surface area contributed by atoms with E-state index in [0.717, 1.165) is 44.9 Å². The van der Waals surface area contributed by atoms with Crippen molar-refractivity contribution in [3.8, 4) is 5.69 Å². The number of carbonyl (C=O) groups is 1. The number of nitrogens with zero attached hydrogens (tertiary/aromatic N) is 3. The number of unbranched alkanes of at least 4 members (excludes halogenated alkanes) is 3. The van der Waals surface area contributed by atoms with Crippen LogP contribution in [0.25, 0.3) is 16.6 Å². The van der Waals surface area contributed by atoms with Gasteiger partial charge < -0.3 is 4.90 Å². The Morgan fingerprint density at radius 1 is 1.12 bits per heavy atom. The van der Waals surface area contributed by atoms with Crippen molar-refractivity contribution in [3.63, 3.8) is 0 Å². The molecule has 2 aromatic carbocycles. The minimum absolute atomic E-state index is 0.0603. The van der Waals surface area contributed by atoms with Gasteiger partial charge in [0.25, 0.3) is 5.56 Å². The zero-order valence-corrected chi connectivity index (χ0v) is 19.5. The SMILES string of the molecule is CCCCCCN(C(=O)C1CCC1)C(C)c1nc2ccccc2c(=O)n1-c1ccc(F)cc1. The predicted molar refractivity (Wildman–Crippen MR) is 129 cm³/mol. The van der Waals surface area contributed by atoms with Gasteiger partial charge in [0.1, 0.15) is 11.6 Å². The molecule has 0 bridgehead atoms. The van der Waals surface area contributed by atoms with Crippen molar-refractivity contribution in [2.24, 2.45) is 5.92 Å². The van der Waals surface area contributed by atoms with E-state index in [2.05, 4.69) is 6.92 Å². The average molecular weight is 450 g/mol. The van der Waals surface area contributed by atoms with Gasteiger partial charge in [-0.1, -0.05) is 44.7 Å². The lowest BCUT2D eigenvalue weighted by atomic mass is 9.84. The molecule has 0 radical (unpaired) electrons. The summed E-state index contributed by atoms with van der Waals surface area (Å²) in [6.07, 6.45) is 7.18. The molecule has 0 aliphatic heterocycles. The van der Waals surface area contributed by atoms with Crippen molar-refractivity contribution in [2.75, 3.05) is 6.54 Å². The maximum atomic E-state index is 13.6. The highest BCUT2D eigenvalue weighted by molar-refractivity contribution is 5.80. The minimum Gasteiger partial charge on any atom is -0.333 e. The van der Waals surface area contributed by atoms with Crippen LogP contribution in [-0.2, 0) is 4.79 Å². The zero-order chi connectivity index (χ0) is 23.4. The number of hydrogen-bond acceptors (Lipinski definition) is 3. The van der Waals surface area contributed by atoms with Gasteiger partial charge in [-0.25, -0.2) is 9.37 Å². The third kappa shape index (κ3) is 4.85. The van der Waals surface area contributed by atoms with Gasteiger partial charge in [0, 0.05) is 12.5 Å². The highest BCUT2D eigenvalue weighted by Crippen LogP contribution is 2.32. The highest BCUT2D eigenvalue weighted by Gasteiger charge is 2.33. The summed E-state index contributed by atoms with van der Waals surface area (Å²) in [5.74, 6) is 0.352. The molecule has 1 heterocycles. The van der Waals surface area contributed by atoms with Crippen LogP contribution >= 0.6 is 0 Å². The Morgan fingerprint density at radius 2 is 1.85 bits per heavy atom. The van der Waals surface area contributed by atoms with Crippen molar-refractivity contribution in [1.82, 2.24) is 14.5 Å². The number of carbonyl (C=O) groups excluding carboxylic acids is 1. The van der Waals surface area contributed by atoms with Crippen LogP contribution in [0.4, 0.5) is 4.39 Å². The normalized spacial score (nSPS) is 14.8. The molecule has 1 fully saturated rings. The van der Waals surface area contributed by atoms with Crippen LogP contribution in [0.1, 0.15) is 70.7 Å². The zero-order valence-electron chi connectivity index (χ0n) is 19.5. The molecule has 1 amide bonds. The fourth-order valence-corrected chi connectivity index (χ4v) is 4.50. The van der Waals surface area contributed by atoms with Gasteiger partial charge in [-0.05, 0) is 62.6 Å². The number of fused-ring (bicyclic) bond motifs is 1. The van der Waals surface area contributed by atoms with Gasteiger partial charge in [-0.3, -0.25) is 14.2 Å². The van der Waals surface area contributed by atoms with Crippen molar-refractivity contribution in [3.05, 3.63) is 70.5 Å². The molecule has 4 rings (SSSR count). The smallest absolute Gasteiger partial charge is 0.266 e. The van der Waals surface area contributed by atoms with Gasteiger partial charge in [-0.2, -0.15) is 0 Å². The number of aromatic nitrogens is 2. The van der Waals surface area contributed by atoms with Crippen molar-refractivity contribution < 1.29 is 9.18 Å². The van der Waals surface area contributed by atoms with Gasteiger partial charge in [0.15, 0.2) is 0 Å². The standard InChI is InChI=1S/C27H32FN3O2/c1-3-4-5-8-18-30(26(32)20-10-9-11-20)19(2)25-29-24-13-7-6-12-23(24)27(33)31(25)22-16-14-21(28)15-17-22/h6-7,12-17,19-20H,3-5,8-11,18H2,1-2H3. The molecule has 1 unspecified atom stereocenters. The Hall–Kier alpha value is -3.02. The minimum atomic E-state index is -0.387. The first-order valence-corrected chi connectivity index (χ1v) is 12.1. The largest absolute Gasteiger partial charge is 0.333 e. The quantitative estimate of drug-likeness (QED) is 0.388. The van der Waals surface area contributed by atoms with E-state index in [1.54, 1.807) is 22.8 Å². The van der Waals surface area contributed by atoms with Gasteiger partial charge >= 0.3 is 0 Å². The Labute approximate surface area is 194 Å². The van der Waals surface area contributed by atoms with E-state index in [1.165, 1.54) is 12.1 Å². The molecule has 1 aromatic heterocycles. The summed E-state index contributed by atoms with van der Waals surface area (Å²) in [7, 11) is 0. The van der Waals surface area contributed by atoms with Crippen LogP contribution in [0.2, 0.25) is 0 Å². The third-order valence-electron chi connectivity index (χ3n) is 6.72. The third-order valence-corrected chi connectivity index (χ3v) is 6.72. The Morgan fingerprint density at radius 3 is 2.52 bits per heavy atom. The molecule has 0 saturated heterocycles. The van der Waals surface area contributed by atoms with Gasteiger partial charge in [0.2, 0.25) is 5.91 Å². The van der Waals surface area contributed by atoms with Gasteiger partial charge in [0.05, 0.1) is 22.6 Å². The fourth-order valence-electron chi connectivity index (χ4n) is 4.50. The second-order valence-corrected chi connectivity index (χ2v) is 9.00. The van der Waals surface area contributed by atoms with E-state index >= 15 is 0 Å². The van der Waals surface area contributed by atoms with Crippen LogP contribution in [0.3, 0.4) is 0 Å². The summed E-state index contributed by atoms with van der Waals surface area (Å²) in [5, 5.41) is 0.498. The molecule has 33 heavy (non-hydrogen) atoms. The van der Waals surface area contributed by atoms with E-state index < -0.39 is 0 Å². The molecule has 0 spiro atoms. The lowest BCUT2D eigenvalue weighted by Crippen LogP contribution is -2.42. The molecule has 1 aliphatic rings. The molecule has 174 valence electrons. The van der Waals surface area contributed by atoms with Crippen LogP contribution in [0, 0.1) is 11.7 Å². The monoisotopic (exact) mass is 449 g/mol. The summed E-state index contributed by atoms with van der Waals surface area (Å²) >= 11 is 0. The summed E-state index contributed by atoms with van der Waals surface area (Å²) in [5.41, 5.74) is 0.935. The maximum Gasteiger partial charge on any atom is 0.266 e. The van der Waals surface area contributed by atoms with E-state index in [1.807, 2.05) is 30.0 Å². The molecule has 1 saturated carbocycles.